The van der Waals surface area contributed by atoms with Gasteiger partial charge in [0.1, 0.15) is 28.4 Å². The molecular weight excluding hydrogens is 560 g/mol. The summed E-state index contributed by atoms with van der Waals surface area (Å²) in [5.41, 5.74) is 0.544. The largest absolute Gasteiger partial charge is 0.496 e. The molecule has 0 unspecified atom stereocenters. The van der Waals surface area contributed by atoms with Crippen LogP contribution in [-0.4, -0.2) is 73.5 Å². The highest BCUT2D eigenvalue weighted by Gasteiger charge is 2.51. The molecule has 0 atom stereocenters. The first-order valence-electron chi connectivity index (χ1n) is 13.3. The molecule has 0 saturated carbocycles. The SMILES string of the molecule is COc1cc(Cl)cc(OC)c1C(=O)CCCCN1CCC2(CC1)NC(=O)N(CCCc1ccc(F)cc1)C2=O.Cl. The fraction of sp³-hybridized carbons (Fsp3) is 0.483. The third kappa shape index (κ3) is 7.25. The number of ether oxygens (including phenoxy) is 2. The van der Waals surface area contributed by atoms with Crippen molar-refractivity contribution in [3.8, 4) is 11.5 Å². The second-order valence-corrected chi connectivity index (χ2v) is 10.5. The second kappa shape index (κ2) is 14.1. The van der Waals surface area contributed by atoms with Crippen molar-refractivity contribution in [1.82, 2.24) is 15.1 Å². The van der Waals surface area contributed by atoms with Crippen molar-refractivity contribution < 1.29 is 28.2 Å². The van der Waals surface area contributed by atoms with Crippen LogP contribution in [0.1, 0.15) is 54.4 Å². The van der Waals surface area contributed by atoms with E-state index in [1.807, 2.05) is 0 Å². The maximum atomic E-state index is 13.2. The van der Waals surface area contributed by atoms with Gasteiger partial charge in [0, 0.05) is 31.1 Å². The van der Waals surface area contributed by atoms with Gasteiger partial charge in [0.25, 0.3) is 5.91 Å². The standard InChI is InChI=1S/C29H35ClFN3O5.ClH/c1-38-24-18-21(30)19-25(39-2)26(24)23(35)7-3-4-14-33-16-12-29(13-17-33)27(36)34(28(37)32-29)15-5-6-20-8-10-22(31)11-9-20;/h8-11,18-19H,3-7,12-17H2,1-2H3,(H,32,37);1H. The summed E-state index contributed by atoms with van der Waals surface area (Å²) in [5, 5.41) is 3.39. The van der Waals surface area contributed by atoms with Crippen LogP contribution in [0.5, 0.6) is 11.5 Å². The molecule has 0 aromatic heterocycles. The number of benzene rings is 2. The number of unbranched alkanes of at least 4 members (excludes halogenated alkanes) is 1. The van der Waals surface area contributed by atoms with Crippen LogP contribution < -0.4 is 14.8 Å². The fourth-order valence-corrected chi connectivity index (χ4v) is 5.57. The Balaban J connectivity index is 0.00000441. The molecule has 3 amide bonds. The lowest BCUT2D eigenvalue weighted by atomic mass is 9.87. The summed E-state index contributed by atoms with van der Waals surface area (Å²) in [5.74, 6) is 0.310. The molecule has 2 heterocycles. The average Bonchev–Trinajstić information content (AvgIpc) is 3.16. The molecule has 2 aromatic rings. The number of rotatable bonds is 12. The van der Waals surface area contributed by atoms with E-state index in [1.165, 1.54) is 31.3 Å². The summed E-state index contributed by atoms with van der Waals surface area (Å²) in [6.07, 6.45) is 4.29. The van der Waals surface area contributed by atoms with E-state index in [4.69, 9.17) is 21.1 Å². The van der Waals surface area contributed by atoms with Gasteiger partial charge in [-0.1, -0.05) is 23.7 Å². The normalized spacial score (nSPS) is 16.6. The Morgan fingerprint density at radius 3 is 2.23 bits per heavy atom. The summed E-state index contributed by atoms with van der Waals surface area (Å²) in [4.78, 5) is 42.3. The smallest absolute Gasteiger partial charge is 0.325 e. The Hall–Kier alpha value is -2.88. The minimum Gasteiger partial charge on any atom is -0.496 e. The van der Waals surface area contributed by atoms with E-state index in [2.05, 4.69) is 10.2 Å². The van der Waals surface area contributed by atoms with Gasteiger partial charge in [0.15, 0.2) is 5.78 Å². The number of aryl methyl sites for hydroxylation is 1. The predicted molar refractivity (Wildman–Crippen MR) is 153 cm³/mol. The molecule has 40 heavy (non-hydrogen) atoms. The molecule has 0 bridgehead atoms. The van der Waals surface area contributed by atoms with Crippen molar-refractivity contribution in [3.63, 3.8) is 0 Å². The number of ketones is 1. The van der Waals surface area contributed by atoms with Gasteiger partial charge in [-0.25, -0.2) is 9.18 Å². The Bertz CT molecular complexity index is 1180. The van der Waals surface area contributed by atoms with Gasteiger partial charge in [-0.15, -0.1) is 12.4 Å². The monoisotopic (exact) mass is 595 g/mol. The van der Waals surface area contributed by atoms with E-state index >= 15 is 0 Å². The van der Waals surface area contributed by atoms with Crippen molar-refractivity contribution in [3.05, 3.63) is 58.4 Å². The Morgan fingerprint density at radius 2 is 1.62 bits per heavy atom. The number of piperidine rings is 1. The molecule has 8 nitrogen and oxygen atoms in total. The summed E-state index contributed by atoms with van der Waals surface area (Å²) >= 11 is 6.08. The number of carbonyl (C=O) groups excluding carboxylic acids is 3. The minimum absolute atomic E-state index is 0. The lowest BCUT2D eigenvalue weighted by Crippen LogP contribution is -2.55. The summed E-state index contributed by atoms with van der Waals surface area (Å²) in [6, 6.07) is 9.15. The molecular formula is C29H36Cl2FN3O5. The zero-order valence-corrected chi connectivity index (χ0v) is 24.4. The van der Waals surface area contributed by atoms with E-state index < -0.39 is 5.54 Å². The van der Waals surface area contributed by atoms with Crippen molar-refractivity contribution in [2.24, 2.45) is 0 Å². The maximum absolute atomic E-state index is 13.2. The van der Waals surface area contributed by atoms with Crippen LogP contribution in [0, 0.1) is 5.82 Å². The molecule has 2 saturated heterocycles. The lowest BCUT2D eigenvalue weighted by molar-refractivity contribution is -0.133. The van der Waals surface area contributed by atoms with Crippen LogP contribution in [0.3, 0.4) is 0 Å². The maximum Gasteiger partial charge on any atom is 0.325 e. The van der Waals surface area contributed by atoms with Gasteiger partial charge in [0.2, 0.25) is 0 Å². The second-order valence-electron chi connectivity index (χ2n) is 10.1. The first kappa shape index (κ1) is 31.6. The van der Waals surface area contributed by atoms with Crippen molar-refractivity contribution in [1.29, 1.82) is 0 Å². The number of imide groups is 1. The molecule has 2 aromatic carbocycles. The molecule has 11 heteroatoms. The van der Waals surface area contributed by atoms with Crippen molar-refractivity contribution in [2.75, 3.05) is 40.4 Å². The van der Waals surface area contributed by atoms with Crippen LogP contribution >= 0.6 is 24.0 Å². The Labute approximate surface area is 245 Å². The van der Waals surface area contributed by atoms with E-state index in [1.54, 1.807) is 24.3 Å². The van der Waals surface area contributed by atoms with Crippen LogP contribution in [0.25, 0.3) is 0 Å². The molecule has 1 spiro atoms. The minimum atomic E-state index is -0.832. The number of methoxy groups -OCH3 is 2. The fourth-order valence-electron chi connectivity index (χ4n) is 5.37. The Morgan fingerprint density at radius 1 is 1.00 bits per heavy atom. The number of nitrogens with zero attached hydrogens (tertiary/aromatic N) is 2. The number of hydrogen-bond donors (Lipinski definition) is 1. The molecule has 2 fully saturated rings. The number of hydrogen-bond acceptors (Lipinski definition) is 6. The predicted octanol–water partition coefficient (Wildman–Crippen LogP) is 5.29. The molecule has 0 aliphatic carbocycles. The van der Waals surface area contributed by atoms with Crippen LogP contribution in [0.2, 0.25) is 5.02 Å². The molecule has 2 aliphatic heterocycles. The molecule has 1 N–H and O–H groups in total. The number of halogens is 3. The summed E-state index contributed by atoms with van der Waals surface area (Å²) < 4.78 is 23.8. The van der Waals surface area contributed by atoms with E-state index in [0.717, 1.165) is 18.5 Å². The highest BCUT2D eigenvalue weighted by atomic mass is 35.5. The number of Topliss-reactive ketones (excluding diaryl/α,β-unsaturated/α-hetero) is 1. The molecule has 4 rings (SSSR count). The van der Waals surface area contributed by atoms with Crippen LogP contribution in [-0.2, 0) is 11.2 Å². The molecule has 0 radical (unpaired) electrons. The highest BCUT2D eigenvalue weighted by Crippen LogP contribution is 2.34. The molecule has 218 valence electrons. The van der Waals surface area contributed by atoms with Gasteiger partial charge in [-0.05, 0) is 74.9 Å². The third-order valence-electron chi connectivity index (χ3n) is 7.59. The van der Waals surface area contributed by atoms with Gasteiger partial charge in [-0.2, -0.15) is 0 Å². The summed E-state index contributed by atoms with van der Waals surface area (Å²) in [6.45, 7) is 2.54. The molecule has 2 aliphatic rings. The first-order chi connectivity index (χ1) is 18.8. The number of amides is 3. The number of nitrogens with one attached hydrogen (secondary N) is 1. The topological polar surface area (TPSA) is 88.2 Å². The quantitative estimate of drug-likeness (QED) is 0.204. The zero-order chi connectivity index (χ0) is 28.0. The van der Waals surface area contributed by atoms with Gasteiger partial charge >= 0.3 is 6.03 Å². The Kier molecular flexibility index (Phi) is 11.2. The highest BCUT2D eigenvalue weighted by molar-refractivity contribution is 6.31. The summed E-state index contributed by atoms with van der Waals surface area (Å²) in [7, 11) is 2.99. The van der Waals surface area contributed by atoms with E-state index in [9.17, 15) is 18.8 Å². The van der Waals surface area contributed by atoms with Crippen molar-refractivity contribution in [2.45, 2.75) is 50.5 Å². The third-order valence-corrected chi connectivity index (χ3v) is 7.81. The van der Waals surface area contributed by atoms with Gasteiger partial charge in [-0.3, -0.25) is 14.5 Å². The van der Waals surface area contributed by atoms with Gasteiger partial charge < -0.3 is 19.7 Å². The zero-order valence-electron chi connectivity index (χ0n) is 22.8. The average molecular weight is 597 g/mol. The van der Waals surface area contributed by atoms with Crippen LogP contribution in [0.4, 0.5) is 9.18 Å². The van der Waals surface area contributed by atoms with Crippen LogP contribution in [0.15, 0.2) is 36.4 Å². The number of likely N-dealkylation sites (tertiary alicyclic amines) is 1. The van der Waals surface area contributed by atoms with Crippen molar-refractivity contribution >= 4 is 41.7 Å². The van der Waals surface area contributed by atoms with E-state index in [-0.39, 0.29) is 35.9 Å². The number of carbonyl (C=O) groups is 3. The first-order valence-corrected chi connectivity index (χ1v) is 13.7. The van der Waals surface area contributed by atoms with Gasteiger partial charge in [0.05, 0.1) is 14.2 Å². The van der Waals surface area contributed by atoms with E-state index in [0.29, 0.717) is 80.2 Å². The number of urea groups is 1. The lowest BCUT2D eigenvalue weighted by Gasteiger charge is -2.37.